The molecule has 0 bridgehead atoms. The summed E-state index contributed by atoms with van der Waals surface area (Å²) in [6, 6.07) is 4.04. The molecular weight excluding hydrogens is 584 g/mol. The molecule has 240 valence electrons. The molecule has 3 aliphatic rings. The Hall–Kier alpha value is -3.61. The number of carbonyl (C=O) groups excluding carboxylic acids is 6. The Morgan fingerprint density at radius 3 is 2.32 bits per heavy atom. The van der Waals surface area contributed by atoms with Crippen molar-refractivity contribution in [3.8, 4) is 0 Å². The highest BCUT2D eigenvalue weighted by Gasteiger charge is 2.45. The van der Waals surface area contributed by atoms with Crippen LogP contribution < -0.4 is 26.6 Å². The van der Waals surface area contributed by atoms with Gasteiger partial charge < -0.3 is 31.5 Å². The van der Waals surface area contributed by atoms with Crippen LogP contribution in [0.1, 0.15) is 64.5 Å². The van der Waals surface area contributed by atoms with E-state index in [1.807, 2.05) is 12.3 Å². The predicted octanol–water partition coefficient (Wildman–Crippen LogP) is 0.627. The van der Waals surface area contributed by atoms with Crippen LogP contribution in [0.25, 0.3) is 0 Å². The Balaban J connectivity index is 1.66. The van der Waals surface area contributed by atoms with Gasteiger partial charge >= 0.3 is 0 Å². The second kappa shape index (κ2) is 14.9. The highest BCUT2D eigenvalue weighted by atomic mass is 32.2. The summed E-state index contributed by atoms with van der Waals surface area (Å²) in [7, 11) is 0. The molecule has 6 atom stereocenters. The highest BCUT2D eigenvalue weighted by molar-refractivity contribution is 7.98. The smallest absolute Gasteiger partial charge is 0.246 e. The lowest BCUT2D eigenvalue weighted by Gasteiger charge is -2.32. The molecule has 3 fully saturated rings. The summed E-state index contributed by atoms with van der Waals surface area (Å²) in [5.74, 6) is -2.31. The van der Waals surface area contributed by atoms with E-state index in [-0.39, 0.29) is 37.1 Å². The van der Waals surface area contributed by atoms with Crippen molar-refractivity contribution in [2.45, 2.75) is 89.1 Å². The third-order valence-electron chi connectivity index (χ3n) is 8.33. The van der Waals surface area contributed by atoms with Crippen molar-refractivity contribution in [2.75, 3.05) is 18.6 Å². The first kappa shape index (κ1) is 33.3. The quantitative estimate of drug-likeness (QED) is 0.295. The number of carbonyl (C=O) groups is 6. The number of nitrogens with one attached hydrogen (secondary N) is 5. The van der Waals surface area contributed by atoms with E-state index in [9.17, 15) is 28.8 Å². The van der Waals surface area contributed by atoms with E-state index in [0.29, 0.717) is 17.7 Å². The molecule has 0 unspecified atom stereocenters. The lowest BCUT2D eigenvalue weighted by molar-refractivity contribution is -0.143. The van der Waals surface area contributed by atoms with E-state index in [2.05, 4.69) is 26.6 Å². The van der Waals surface area contributed by atoms with E-state index >= 15 is 0 Å². The van der Waals surface area contributed by atoms with Gasteiger partial charge in [-0.3, -0.25) is 28.8 Å². The predicted molar refractivity (Wildman–Crippen MR) is 166 cm³/mol. The van der Waals surface area contributed by atoms with Gasteiger partial charge in [-0.1, -0.05) is 44.2 Å². The molecule has 4 rings (SSSR count). The van der Waals surface area contributed by atoms with Crippen molar-refractivity contribution >= 4 is 47.2 Å². The topological polar surface area (TPSA) is 166 Å². The number of amides is 6. The van der Waals surface area contributed by atoms with Crippen LogP contribution in [-0.4, -0.2) is 89.1 Å². The zero-order chi connectivity index (χ0) is 32.0. The summed E-state index contributed by atoms with van der Waals surface area (Å²) in [6.45, 7) is 5.23. The SMILES string of the molecule is CSCC[C@@H]1NC(=O)C[C@@H](c2ccccc2)NC(=O)[C@H](C)NC(=O)[C@@H]2C[C@H](NC(=O)C3CC3)CN2C(=O)[C@H](C(C)C)NC1=O. The summed E-state index contributed by atoms with van der Waals surface area (Å²) in [5.41, 5.74) is 0.697. The fraction of sp³-hybridized carbons (Fsp3) is 0.613. The standard InChI is InChI=1S/C31H44N6O6S/c1-17(2)26-31(43)37-16-21(33-28(40)20-10-11-20)14-24(37)30(42)32-18(3)27(39)35-23(19-8-6-5-7-9-19)15-25(38)34-22(12-13-44-4)29(41)36-26/h5-9,17-18,20-24,26H,10-16H2,1-4H3,(H,32,42)(H,33,40)(H,34,38)(H,35,39)(H,36,41)/t18-,21-,22-,23-,24-,26-/m0/s1. The van der Waals surface area contributed by atoms with Gasteiger partial charge in [0.1, 0.15) is 24.2 Å². The summed E-state index contributed by atoms with van der Waals surface area (Å²) in [6.07, 6.45) is 3.91. The van der Waals surface area contributed by atoms with Gasteiger partial charge in [-0.2, -0.15) is 11.8 Å². The Morgan fingerprint density at radius 2 is 1.68 bits per heavy atom. The molecule has 1 aromatic rings. The van der Waals surface area contributed by atoms with E-state index < -0.39 is 65.8 Å². The maximum absolute atomic E-state index is 14.0. The molecular formula is C31H44N6O6S. The monoisotopic (exact) mass is 628 g/mol. The van der Waals surface area contributed by atoms with Gasteiger partial charge in [0.2, 0.25) is 35.4 Å². The third-order valence-corrected chi connectivity index (χ3v) is 8.98. The minimum atomic E-state index is -0.977. The van der Waals surface area contributed by atoms with E-state index in [1.165, 1.54) is 16.7 Å². The minimum Gasteiger partial charge on any atom is -0.351 e. The number of nitrogens with zero attached hydrogens (tertiary/aromatic N) is 1. The Labute approximate surface area is 262 Å². The van der Waals surface area contributed by atoms with Crippen LogP contribution in [0.4, 0.5) is 0 Å². The fourth-order valence-corrected chi connectivity index (χ4v) is 6.07. The summed E-state index contributed by atoms with van der Waals surface area (Å²) in [5, 5.41) is 14.3. The molecule has 2 heterocycles. The van der Waals surface area contributed by atoms with Gasteiger partial charge in [0.15, 0.2) is 0 Å². The van der Waals surface area contributed by atoms with Gasteiger partial charge in [-0.25, -0.2) is 0 Å². The number of hydrogen-bond acceptors (Lipinski definition) is 7. The van der Waals surface area contributed by atoms with Crippen molar-refractivity contribution in [3.63, 3.8) is 0 Å². The van der Waals surface area contributed by atoms with E-state index in [0.717, 1.165) is 12.8 Å². The number of hydrogen-bond donors (Lipinski definition) is 5. The van der Waals surface area contributed by atoms with Crippen LogP contribution >= 0.6 is 11.8 Å². The van der Waals surface area contributed by atoms with Gasteiger partial charge in [0.05, 0.1) is 12.5 Å². The second-order valence-electron chi connectivity index (χ2n) is 12.3. The maximum Gasteiger partial charge on any atom is 0.246 e. The Bertz CT molecular complexity index is 1240. The average molecular weight is 629 g/mol. The zero-order valence-electron chi connectivity index (χ0n) is 25.8. The van der Waals surface area contributed by atoms with Crippen LogP contribution in [0.5, 0.6) is 0 Å². The number of rotatable bonds is 7. The lowest BCUT2D eigenvalue weighted by Crippen LogP contribution is -2.59. The number of fused-ring (bicyclic) bond motifs is 1. The largest absolute Gasteiger partial charge is 0.351 e. The van der Waals surface area contributed by atoms with Crippen molar-refractivity contribution in [1.29, 1.82) is 0 Å². The summed E-state index contributed by atoms with van der Waals surface area (Å²) >= 11 is 1.53. The first-order valence-corrected chi connectivity index (χ1v) is 16.7. The van der Waals surface area contributed by atoms with Gasteiger partial charge in [-0.15, -0.1) is 0 Å². The molecule has 13 heteroatoms. The number of benzene rings is 1. The van der Waals surface area contributed by atoms with Gasteiger partial charge in [0, 0.05) is 18.5 Å². The normalized spacial score (nSPS) is 28.9. The summed E-state index contributed by atoms with van der Waals surface area (Å²) in [4.78, 5) is 81.8. The molecule has 6 amide bonds. The first-order valence-electron chi connectivity index (χ1n) is 15.3. The Kier molecular flexibility index (Phi) is 11.3. The van der Waals surface area contributed by atoms with Crippen LogP contribution in [0.15, 0.2) is 30.3 Å². The second-order valence-corrected chi connectivity index (χ2v) is 13.2. The lowest BCUT2D eigenvalue weighted by atomic mass is 10.0. The Morgan fingerprint density at radius 1 is 0.977 bits per heavy atom. The van der Waals surface area contributed by atoms with E-state index in [1.54, 1.807) is 45.0 Å². The van der Waals surface area contributed by atoms with Crippen LogP contribution in [0.3, 0.4) is 0 Å². The molecule has 44 heavy (non-hydrogen) atoms. The molecule has 12 nitrogen and oxygen atoms in total. The van der Waals surface area contributed by atoms with E-state index in [4.69, 9.17) is 0 Å². The van der Waals surface area contributed by atoms with Gasteiger partial charge in [-0.05, 0) is 56.1 Å². The molecule has 0 spiro atoms. The van der Waals surface area contributed by atoms with Crippen molar-refractivity contribution in [1.82, 2.24) is 31.5 Å². The van der Waals surface area contributed by atoms with Crippen molar-refractivity contribution < 1.29 is 28.8 Å². The van der Waals surface area contributed by atoms with Gasteiger partial charge in [0.25, 0.3) is 0 Å². The molecule has 5 N–H and O–H groups in total. The number of thioether (sulfide) groups is 1. The molecule has 2 saturated heterocycles. The molecule has 0 radical (unpaired) electrons. The molecule has 1 saturated carbocycles. The molecule has 0 aromatic heterocycles. The molecule has 1 aliphatic carbocycles. The van der Waals surface area contributed by atoms with Crippen LogP contribution in [0.2, 0.25) is 0 Å². The highest BCUT2D eigenvalue weighted by Crippen LogP contribution is 2.30. The fourth-order valence-electron chi connectivity index (χ4n) is 5.60. The third kappa shape index (κ3) is 8.52. The van der Waals surface area contributed by atoms with Crippen molar-refractivity contribution in [2.24, 2.45) is 11.8 Å². The van der Waals surface area contributed by atoms with Crippen LogP contribution in [0, 0.1) is 11.8 Å². The minimum absolute atomic E-state index is 0.0427. The molecule has 2 aliphatic heterocycles. The zero-order valence-corrected chi connectivity index (χ0v) is 26.6. The van der Waals surface area contributed by atoms with Crippen molar-refractivity contribution in [3.05, 3.63) is 35.9 Å². The molecule has 1 aromatic carbocycles. The summed E-state index contributed by atoms with van der Waals surface area (Å²) < 4.78 is 0. The maximum atomic E-state index is 14.0. The average Bonchev–Trinajstić information content (AvgIpc) is 3.76. The first-order chi connectivity index (χ1) is 21.0. The van der Waals surface area contributed by atoms with Crippen LogP contribution in [-0.2, 0) is 28.8 Å².